The normalized spacial score (nSPS) is 11.2. The van der Waals surface area contributed by atoms with Crippen LogP contribution < -0.4 is 4.72 Å². The third-order valence-electron chi connectivity index (χ3n) is 3.69. The Morgan fingerprint density at radius 2 is 1.44 bits per heavy atom. The van der Waals surface area contributed by atoms with Crippen LogP contribution in [0.15, 0.2) is 71.6 Å². The van der Waals surface area contributed by atoms with Gasteiger partial charge in [0.05, 0.1) is 10.7 Å². The quantitative estimate of drug-likeness (QED) is 0.519. The van der Waals surface area contributed by atoms with Crippen LogP contribution >= 0.6 is 34.8 Å². The molecule has 3 rings (SSSR count). The summed E-state index contributed by atoms with van der Waals surface area (Å²) in [6.07, 6.45) is 0. The Bertz CT molecular complexity index is 1120. The zero-order valence-corrected chi connectivity index (χ0v) is 16.7. The molecule has 3 aromatic carbocycles. The Kier molecular flexibility index (Phi) is 5.77. The van der Waals surface area contributed by atoms with Crippen LogP contribution in [-0.4, -0.2) is 14.2 Å². The molecular weight excluding hydrogens is 429 g/mol. The number of nitrogens with one attached hydrogen (secondary N) is 1. The second-order valence-electron chi connectivity index (χ2n) is 5.57. The highest BCUT2D eigenvalue weighted by Crippen LogP contribution is 2.29. The molecule has 4 nitrogen and oxygen atoms in total. The summed E-state index contributed by atoms with van der Waals surface area (Å²) in [6.45, 7) is 0. The summed E-state index contributed by atoms with van der Waals surface area (Å²) in [5.41, 5.74) is 0.612. The van der Waals surface area contributed by atoms with Crippen LogP contribution in [0.4, 0.5) is 5.69 Å². The molecule has 0 aliphatic carbocycles. The van der Waals surface area contributed by atoms with Gasteiger partial charge < -0.3 is 0 Å². The van der Waals surface area contributed by atoms with Gasteiger partial charge in [0.15, 0.2) is 5.78 Å². The minimum Gasteiger partial charge on any atom is -0.289 e. The molecule has 0 heterocycles. The lowest BCUT2D eigenvalue weighted by molar-refractivity contribution is 0.103. The number of carbonyl (C=O) groups is 1. The van der Waals surface area contributed by atoms with E-state index in [1.165, 1.54) is 36.4 Å². The summed E-state index contributed by atoms with van der Waals surface area (Å²) in [5.74, 6) is -0.368. The van der Waals surface area contributed by atoms with Gasteiger partial charge in [0.2, 0.25) is 0 Å². The molecule has 0 unspecified atom stereocenters. The molecule has 0 aliphatic rings. The summed E-state index contributed by atoms with van der Waals surface area (Å²) >= 11 is 17.9. The van der Waals surface area contributed by atoms with Gasteiger partial charge in [-0.2, -0.15) is 0 Å². The summed E-state index contributed by atoms with van der Waals surface area (Å²) in [4.78, 5) is 12.6. The molecule has 0 amide bonds. The van der Waals surface area contributed by atoms with Crippen LogP contribution in [0.25, 0.3) is 0 Å². The van der Waals surface area contributed by atoms with Crippen molar-refractivity contribution in [1.82, 2.24) is 0 Å². The largest absolute Gasteiger partial charge is 0.289 e. The highest BCUT2D eigenvalue weighted by atomic mass is 35.5. The van der Waals surface area contributed by atoms with Crippen molar-refractivity contribution in [2.24, 2.45) is 0 Å². The van der Waals surface area contributed by atoms with Crippen LogP contribution in [-0.2, 0) is 10.0 Å². The molecule has 3 aromatic rings. The van der Waals surface area contributed by atoms with Crippen molar-refractivity contribution >= 4 is 56.3 Å². The van der Waals surface area contributed by atoms with Crippen molar-refractivity contribution < 1.29 is 13.2 Å². The number of rotatable bonds is 5. The van der Waals surface area contributed by atoms with E-state index in [1.807, 2.05) is 0 Å². The SMILES string of the molecule is O=C(c1ccccc1)c1cc(Cl)ccc1NS(=O)(=O)c1cc(Cl)ccc1Cl. The van der Waals surface area contributed by atoms with Gasteiger partial charge in [0, 0.05) is 21.2 Å². The Hall–Kier alpha value is -2.05. The molecule has 0 spiro atoms. The monoisotopic (exact) mass is 439 g/mol. The van der Waals surface area contributed by atoms with Crippen LogP contribution in [0.2, 0.25) is 15.1 Å². The first kappa shape index (κ1) is 19.7. The first-order valence-electron chi connectivity index (χ1n) is 7.65. The van der Waals surface area contributed by atoms with E-state index in [2.05, 4.69) is 4.72 Å². The van der Waals surface area contributed by atoms with Gasteiger partial charge >= 0.3 is 0 Å². The molecule has 0 bridgehead atoms. The number of carbonyl (C=O) groups excluding carboxylic acids is 1. The fourth-order valence-electron chi connectivity index (χ4n) is 2.42. The van der Waals surface area contributed by atoms with E-state index in [0.717, 1.165) is 0 Å². The number of halogens is 3. The fraction of sp³-hybridized carbons (Fsp3) is 0. The molecule has 8 heteroatoms. The maximum absolute atomic E-state index is 12.8. The van der Waals surface area contributed by atoms with Crippen molar-refractivity contribution in [1.29, 1.82) is 0 Å². The van der Waals surface area contributed by atoms with Gasteiger partial charge in [-0.15, -0.1) is 0 Å². The zero-order chi connectivity index (χ0) is 19.6. The third kappa shape index (κ3) is 4.45. The highest BCUT2D eigenvalue weighted by molar-refractivity contribution is 7.92. The molecule has 0 aromatic heterocycles. The number of anilines is 1. The van der Waals surface area contributed by atoms with Crippen LogP contribution in [0.1, 0.15) is 15.9 Å². The van der Waals surface area contributed by atoms with Gasteiger partial charge in [-0.05, 0) is 36.4 Å². The third-order valence-corrected chi connectivity index (χ3v) is 6.01. The summed E-state index contributed by atoms with van der Waals surface area (Å²) < 4.78 is 27.9. The topological polar surface area (TPSA) is 63.2 Å². The van der Waals surface area contributed by atoms with Gasteiger partial charge in [-0.1, -0.05) is 65.1 Å². The van der Waals surface area contributed by atoms with E-state index < -0.39 is 10.0 Å². The standard InChI is InChI=1S/C19H12Cl3NO3S/c20-13-7-9-17(15(10-13)19(24)12-4-2-1-3-5-12)23-27(25,26)18-11-14(21)6-8-16(18)22/h1-11,23H. The molecule has 0 radical (unpaired) electrons. The second kappa shape index (κ2) is 7.90. The molecule has 27 heavy (non-hydrogen) atoms. The van der Waals surface area contributed by atoms with Crippen molar-refractivity contribution in [3.05, 3.63) is 92.9 Å². The lowest BCUT2D eigenvalue weighted by Gasteiger charge is -2.14. The van der Waals surface area contributed by atoms with Gasteiger partial charge in [0.25, 0.3) is 10.0 Å². The van der Waals surface area contributed by atoms with Crippen molar-refractivity contribution in [3.8, 4) is 0 Å². The molecule has 0 atom stereocenters. The Balaban J connectivity index is 2.05. The lowest BCUT2D eigenvalue weighted by atomic mass is 10.0. The average molecular weight is 441 g/mol. The average Bonchev–Trinajstić information content (AvgIpc) is 2.65. The summed E-state index contributed by atoms with van der Waals surface area (Å²) in [7, 11) is -4.08. The lowest BCUT2D eigenvalue weighted by Crippen LogP contribution is -2.16. The highest BCUT2D eigenvalue weighted by Gasteiger charge is 2.22. The van der Waals surface area contributed by atoms with Crippen molar-refractivity contribution in [2.75, 3.05) is 4.72 Å². The first-order valence-corrected chi connectivity index (χ1v) is 10.3. The molecule has 0 saturated heterocycles. The minimum atomic E-state index is -4.08. The molecule has 0 fully saturated rings. The molecule has 0 aliphatic heterocycles. The predicted octanol–water partition coefficient (Wildman–Crippen LogP) is 5.68. The smallest absolute Gasteiger partial charge is 0.263 e. The van der Waals surface area contributed by atoms with Crippen molar-refractivity contribution in [2.45, 2.75) is 4.90 Å². The maximum atomic E-state index is 12.8. The van der Waals surface area contributed by atoms with Crippen molar-refractivity contribution in [3.63, 3.8) is 0 Å². The van der Waals surface area contributed by atoms with Crippen LogP contribution in [0.5, 0.6) is 0 Å². The fourth-order valence-corrected chi connectivity index (χ4v) is 4.44. The zero-order valence-electron chi connectivity index (χ0n) is 13.6. The van der Waals surface area contributed by atoms with Crippen LogP contribution in [0, 0.1) is 0 Å². The number of hydrogen-bond donors (Lipinski definition) is 1. The van der Waals surface area contributed by atoms with E-state index in [9.17, 15) is 13.2 Å². The Labute approximate surface area is 171 Å². The van der Waals surface area contributed by atoms with Gasteiger partial charge in [0.1, 0.15) is 4.90 Å². The van der Waals surface area contributed by atoms with Gasteiger partial charge in [-0.3, -0.25) is 9.52 Å². The Morgan fingerprint density at radius 1 is 0.815 bits per heavy atom. The maximum Gasteiger partial charge on any atom is 0.263 e. The van der Waals surface area contributed by atoms with E-state index in [-0.39, 0.29) is 32.0 Å². The van der Waals surface area contributed by atoms with E-state index in [4.69, 9.17) is 34.8 Å². The number of sulfonamides is 1. The predicted molar refractivity (Wildman–Crippen MR) is 109 cm³/mol. The Morgan fingerprint density at radius 3 is 2.15 bits per heavy atom. The number of benzene rings is 3. The molecular formula is C19H12Cl3NO3S. The summed E-state index contributed by atoms with van der Waals surface area (Å²) in [6, 6.07) is 16.9. The molecule has 1 N–H and O–H groups in total. The van der Waals surface area contributed by atoms with Crippen LogP contribution in [0.3, 0.4) is 0 Å². The van der Waals surface area contributed by atoms with E-state index >= 15 is 0 Å². The van der Waals surface area contributed by atoms with E-state index in [0.29, 0.717) is 10.6 Å². The number of ketones is 1. The first-order chi connectivity index (χ1) is 12.8. The van der Waals surface area contributed by atoms with E-state index in [1.54, 1.807) is 30.3 Å². The van der Waals surface area contributed by atoms with Gasteiger partial charge in [-0.25, -0.2) is 8.42 Å². The number of hydrogen-bond acceptors (Lipinski definition) is 3. The second-order valence-corrected chi connectivity index (χ2v) is 8.50. The molecule has 138 valence electrons. The summed E-state index contributed by atoms with van der Waals surface area (Å²) in [5, 5.41) is 0.534. The minimum absolute atomic E-state index is 0.0109. The molecule has 0 saturated carbocycles.